The topological polar surface area (TPSA) is 131 Å². The second kappa shape index (κ2) is 9.75. The Morgan fingerprint density at radius 3 is 2.21 bits per heavy atom. The summed E-state index contributed by atoms with van der Waals surface area (Å²) in [5.74, 6) is -4.99. The minimum atomic E-state index is -1.84. The molecule has 4 rings (SSSR count). The number of imide groups is 1. The van der Waals surface area contributed by atoms with Crippen molar-refractivity contribution in [3.8, 4) is 11.5 Å². The van der Waals surface area contributed by atoms with E-state index in [0.29, 0.717) is 11.3 Å². The van der Waals surface area contributed by atoms with Crippen LogP contribution in [-0.4, -0.2) is 66.2 Å². The lowest BCUT2D eigenvalue weighted by Crippen LogP contribution is -2.58. The van der Waals surface area contributed by atoms with Gasteiger partial charge in [0.15, 0.2) is 0 Å². The second-order valence-electron chi connectivity index (χ2n) is 10.5. The average molecular weight is 525 g/mol. The molecule has 2 heterocycles. The van der Waals surface area contributed by atoms with Crippen molar-refractivity contribution in [3.05, 3.63) is 59.2 Å². The Bertz CT molecular complexity index is 1290. The summed E-state index contributed by atoms with van der Waals surface area (Å²) < 4.78 is 15.9. The molecule has 0 aliphatic carbocycles. The quantitative estimate of drug-likeness (QED) is 0.414. The number of carbonyl (C=O) groups excluding carboxylic acids is 3. The van der Waals surface area contributed by atoms with Crippen LogP contribution in [0.4, 0.5) is 0 Å². The molecule has 4 atom stereocenters. The normalized spacial score (nSPS) is 24.8. The second-order valence-corrected chi connectivity index (χ2v) is 10.5. The predicted octanol–water partition coefficient (Wildman–Crippen LogP) is 2.60. The minimum Gasteiger partial charge on any atom is -0.497 e. The first-order chi connectivity index (χ1) is 17.9. The Morgan fingerprint density at radius 2 is 1.68 bits per heavy atom. The van der Waals surface area contributed by atoms with Gasteiger partial charge in [0.05, 0.1) is 33.2 Å². The van der Waals surface area contributed by atoms with E-state index in [1.54, 1.807) is 57.2 Å². The first kappa shape index (κ1) is 27.1. The van der Waals surface area contributed by atoms with E-state index in [0.717, 1.165) is 4.90 Å². The first-order valence-corrected chi connectivity index (χ1v) is 12.2. The summed E-state index contributed by atoms with van der Waals surface area (Å²) in [7, 11) is 4.02. The molecule has 2 aromatic rings. The van der Waals surface area contributed by atoms with Crippen LogP contribution < -0.4 is 14.8 Å². The molecule has 10 heteroatoms. The number of fused-ring (bicyclic) bond motifs is 1. The van der Waals surface area contributed by atoms with Gasteiger partial charge in [-0.25, -0.2) is 4.79 Å². The van der Waals surface area contributed by atoms with Gasteiger partial charge in [-0.05, 0) is 38.0 Å². The van der Waals surface area contributed by atoms with Crippen LogP contribution in [-0.2, 0) is 25.5 Å². The van der Waals surface area contributed by atoms with Gasteiger partial charge in [0.25, 0.3) is 0 Å². The molecule has 2 saturated heterocycles. The van der Waals surface area contributed by atoms with Crippen molar-refractivity contribution in [3.63, 3.8) is 0 Å². The van der Waals surface area contributed by atoms with Gasteiger partial charge in [-0.15, -0.1) is 0 Å². The number of amides is 2. The largest absolute Gasteiger partial charge is 0.497 e. The van der Waals surface area contributed by atoms with Crippen LogP contribution in [0.25, 0.3) is 0 Å². The molecule has 2 aliphatic heterocycles. The highest BCUT2D eigenvalue weighted by atomic mass is 16.5. The highest BCUT2D eigenvalue weighted by Crippen LogP contribution is 2.53. The Kier molecular flexibility index (Phi) is 6.96. The molecule has 202 valence electrons. The predicted molar refractivity (Wildman–Crippen MR) is 136 cm³/mol. The fourth-order valence-electron chi connectivity index (χ4n) is 5.74. The molecule has 2 amide bonds. The third kappa shape index (κ3) is 4.18. The third-order valence-corrected chi connectivity index (χ3v) is 7.32. The molecule has 2 N–H and O–H groups in total. The van der Waals surface area contributed by atoms with Crippen LogP contribution in [0, 0.1) is 11.8 Å². The lowest BCUT2D eigenvalue weighted by Gasteiger charge is -2.35. The van der Waals surface area contributed by atoms with Crippen molar-refractivity contribution in [1.82, 2.24) is 10.2 Å². The van der Waals surface area contributed by atoms with Gasteiger partial charge in [0.1, 0.15) is 22.6 Å². The van der Waals surface area contributed by atoms with Crippen LogP contribution in [0.1, 0.15) is 48.3 Å². The van der Waals surface area contributed by atoms with E-state index in [4.69, 9.17) is 14.2 Å². The molecule has 0 spiro atoms. The molecule has 10 nitrogen and oxygen atoms in total. The molecule has 2 aromatic carbocycles. The van der Waals surface area contributed by atoms with Crippen LogP contribution >= 0.6 is 0 Å². The molecule has 0 aromatic heterocycles. The maximum absolute atomic E-state index is 13.9. The summed E-state index contributed by atoms with van der Waals surface area (Å²) in [6.07, 6.45) is -0.0630. The number of nitrogens with one attached hydrogen (secondary N) is 1. The van der Waals surface area contributed by atoms with Crippen LogP contribution in [0.15, 0.2) is 42.5 Å². The van der Waals surface area contributed by atoms with E-state index in [2.05, 4.69) is 5.32 Å². The Morgan fingerprint density at radius 1 is 1.03 bits per heavy atom. The van der Waals surface area contributed by atoms with Crippen molar-refractivity contribution in [2.45, 2.75) is 44.3 Å². The lowest BCUT2D eigenvalue weighted by atomic mass is 9.76. The third-order valence-electron chi connectivity index (χ3n) is 7.32. The number of carbonyl (C=O) groups is 4. The standard InChI is InChI=1S/C28H32N2O8/c1-27(2,3)30-23(31)20-21(24(30)32)28(26(34)35,14-15-10-8-7-9-11-15)29-22(20)17-12-16(36-4)13-18(37-5)19(17)25(33)38-6/h7-13,20-22,29H,14H2,1-6H3,(H,34,35). The number of nitrogens with zero attached hydrogens (tertiary/aromatic N) is 1. The number of rotatable bonds is 7. The van der Waals surface area contributed by atoms with E-state index < -0.39 is 52.7 Å². The van der Waals surface area contributed by atoms with E-state index in [1.807, 2.05) is 0 Å². The molecule has 2 aliphatic rings. The molecule has 38 heavy (non-hydrogen) atoms. The minimum absolute atomic E-state index is 0.0161. The Balaban J connectivity index is 2.00. The van der Waals surface area contributed by atoms with Gasteiger partial charge in [-0.2, -0.15) is 0 Å². The number of ether oxygens (including phenoxy) is 3. The summed E-state index contributed by atoms with van der Waals surface area (Å²) in [6.45, 7) is 5.17. The first-order valence-electron chi connectivity index (χ1n) is 12.2. The maximum atomic E-state index is 13.9. The number of carboxylic acid groups (broad SMARTS) is 1. The van der Waals surface area contributed by atoms with Crippen molar-refractivity contribution >= 4 is 23.8 Å². The smallest absolute Gasteiger partial charge is 0.341 e. The highest BCUT2D eigenvalue weighted by Gasteiger charge is 2.69. The zero-order valence-electron chi connectivity index (χ0n) is 22.2. The van der Waals surface area contributed by atoms with E-state index >= 15 is 0 Å². The number of methoxy groups -OCH3 is 3. The molecular formula is C28H32N2O8. The van der Waals surface area contributed by atoms with Crippen molar-refractivity contribution < 1.29 is 38.5 Å². The van der Waals surface area contributed by atoms with Gasteiger partial charge < -0.3 is 19.3 Å². The Labute approximate surface area is 220 Å². The van der Waals surface area contributed by atoms with Crippen LogP contribution in [0.5, 0.6) is 11.5 Å². The highest BCUT2D eigenvalue weighted by molar-refractivity contribution is 6.10. The molecule has 0 bridgehead atoms. The zero-order chi connectivity index (χ0) is 28.0. The fourth-order valence-corrected chi connectivity index (χ4v) is 5.74. The molecule has 0 saturated carbocycles. The maximum Gasteiger partial charge on any atom is 0.341 e. The van der Waals surface area contributed by atoms with E-state index in [-0.39, 0.29) is 23.3 Å². The van der Waals surface area contributed by atoms with Crippen molar-refractivity contribution in [1.29, 1.82) is 0 Å². The number of esters is 1. The van der Waals surface area contributed by atoms with Gasteiger partial charge in [0, 0.05) is 24.1 Å². The number of likely N-dealkylation sites (tertiary alicyclic amines) is 1. The molecule has 4 unspecified atom stereocenters. The average Bonchev–Trinajstić information content (AvgIpc) is 3.36. The molecular weight excluding hydrogens is 492 g/mol. The zero-order valence-corrected chi connectivity index (χ0v) is 22.2. The van der Waals surface area contributed by atoms with Gasteiger partial charge in [0.2, 0.25) is 11.8 Å². The van der Waals surface area contributed by atoms with Gasteiger partial charge >= 0.3 is 11.9 Å². The fraction of sp³-hybridized carbons (Fsp3) is 0.429. The number of benzene rings is 2. The van der Waals surface area contributed by atoms with Gasteiger partial charge in [-0.3, -0.25) is 24.6 Å². The summed E-state index contributed by atoms with van der Waals surface area (Å²) in [6, 6.07) is 10.9. The lowest BCUT2D eigenvalue weighted by molar-refractivity contribution is -0.153. The summed E-state index contributed by atoms with van der Waals surface area (Å²) in [5.41, 5.74) is -1.80. The van der Waals surface area contributed by atoms with E-state index in [1.165, 1.54) is 27.4 Å². The number of hydrogen-bond acceptors (Lipinski definition) is 8. The number of aliphatic carboxylic acids is 1. The summed E-state index contributed by atoms with van der Waals surface area (Å²) in [5, 5.41) is 13.8. The number of carboxylic acids is 1. The van der Waals surface area contributed by atoms with Crippen LogP contribution in [0.3, 0.4) is 0 Å². The molecule has 0 radical (unpaired) electrons. The van der Waals surface area contributed by atoms with Crippen molar-refractivity contribution in [2.75, 3.05) is 21.3 Å². The van der Waals surface area contributed by atoms with Crippen LogP contribution in [0.2, 0.25) is 0 Å². The number of hydrogen-bond donors (Lipinski definition) is 2. The van der Waals surface area contributed by atoms with Gasteiger partial charge in [-0.1, -0.05) is 30.3 Å². The molecule has 2 fully saturated rings. The Hall–Kier alpha value is -3.92. The van der Waals surface area contributed by atoms with Crippen molar-refractivity contribution in [2.24, 2.45) is 11.8 Å². The van der Waals surface area contributed by atoms with E-state index in [9.17, 15) is 24.3 Å². The summed E-state index contributed by atoms with van der Waals surface area (Å²) in [4.78, 5) is 55.1. The monoisotopic (exact) mass is 524 g/mol. The summed E-state index contributed by atoms with van der Waals surface area (Å²) >= 11 is 0. The SMILES string of the molecule is COC(=O)c1c(OC)cc(OC)cc1C1NC(Cc2ccccc2)(C(=O)O)C2C(=O)N(C(C)(C)C)C(=O)C12.